The third-order valence-electron chi connectivity index (χ3n) is 16.4. The summed E-state index contributed by atoms with van der Waals surface area (Å²) in [6.45, 7) is 16.0. The molecule has 17 atom stereocenters. The smallest absolute Gasteiger partial charge is 0.319 e. The van der Waals surface area contributed by atoms with E-state index in [4.69, 9.17) is 35.3 Å². The van der Waals surface area contributed by atoms with E-state index in [1.54, 1.807) is 109 Å². The summed E-state index contributed by atoms with van der Waals surface area (Å²) in [5, 5.41) is 50.4. The van der Waals surface area contributed by atoms with E-state index in [2.05, 4.69) is 26.6 Å². The summed E-state index contributed by atoms with van der Waals surface area (Å²) in [6, 6.07) is 14.9. The van der Waals surface area contributed by atoms with Gasteiger partial charge in [0.15, 0.2) is 12.6 Å². The number of methoxy groups -OCH3 is 1. The first-order valence-corrected chi connectivity index (χ1v) is 29.1. The minimum atomic E-state index is -1.72. The van der Waals surface area contributed by atoms with Crippen molar-refractivity contribution < 1.29 is 67.4 Å². The van der Waals surface area contributed by atoms with E-state index in [-0.39, 0.29) is 68.3 Å². The zero-order chi connectivity index (χ0) is 61.2. The molecule has 0 spiro atoms. The van der Waals surface area contributed by atoms with Gasteiger partial charge in [-0.05, 0) is 120 Å². The maximum absolute atomic E-state index is 14.9. The van der Waals surface area contributed by atoms with Crippen LogP contribution in [0.4, 0.5) is 20.6 Å². The number of aliphatic hydroxyl groups is 3. The van der Waals surface area contributed by atoms with Crippen LogP contribution in [0.3, 0.4) is 0 Å². The molecule has 6 rings (SSSR count). The molecule has 6 amide bonds. The average molecular weight is 1180 g/mol. The monoisotopic (exact) mass is 1180 g/mol. The van der Waals surface area contributed by atoms with Crippen LogP contribution in [-0.2, 0) is 55.7 Å². The van der Waals surface area contributed by atoms with Crippen molar-refractivity contribution in [1.29, 1.82) is 0 Å². The number of hydrogen-bond donors (Lipinski definition) is 8. The summed E-state index contributed by atoms with van der Waals surface area (Å²) in [7, 11) is 6.85. The van der Waals surface area contributed by atoms with Crippen LogP contribution in [0, 0.1) is 29.5 Å². The molecule has 0 aromatic heterocycles. The van der Waals surface area contributed by atoms with Crippen LogP contribution in [0.2, 0.25) is 5.02 Å². The number of ether oxygens (including phenoxy) is 5. The standard InChI is InChI=1S/C61H89ClFN7O13/c1-33(2)50-57(76)65-44(26-39-21-23-42(24-22-39)64-56(75)46(27-40-17-14-15-20-45(40)62)67-59(77)66-43-19-16-18-41(63)28-43)29-48(71)70(12)32-34(3)30-60(8,78)54(83-58-51(72)47(69(10)11)25-35(4)80-58)36(5)52(37(6)55(74)68-50)82-49-31-61(9,79-13)53(73)38(7)81-49/h14-24,28,33-38,44,46-47,49-54,58,72-73,78H,25-27,29-32H2,1-13H3,(H,64,75)(H,65,76)(H,68,74)(H2,66,67,77)/t34-,35-,36+,37-,38+,44-,46+,47+,49+,50+,51-,52+,53+,54-,58+,60-,61-/m1/s1. The molecule has 22 heteroatoms. The predicted molar refractivity (Wildman–Crippen MR) is 313 cm³/mol. The molecule has 8 N–H and O–H groups in total. The number of carbonyl (C=O) groups is 5. The number of amides is 6. The zero-order valence-corrected chi connectivity index (χ0v) is 50.9. The number of likely N-dealkylation sites (N-methyl/N-ethyl adjacent to an activating group) is 1. The molecule has 0 bridgehead atoms. The lowest BCUT2D eigenvalue weighted by atomic mass is 9.77. The van der Waals surface area contributed by atoms with Gasteiger partial charge in [0.1, 0.15) is 30.1 Å². The van der Waals surface area contributed by atoms with Crippen molar-refractivity contribution in [3.8, 4) is 0 Å². The number of carbonyl (C=O) groups excluding carboxylic acids is 5. The summed E-state index contributed by atoms with van der Waals surface area (Å²) in [5.74, 6) is -5.28. The number of nitrogens with one attached hydrogen (secondary N) is 5. The van der Waals surface area contributed by atoms with Crippen LogP contribution in [-0.4, -0.2) is 174 Å². The first kappa shape index (κ1) is 66.8. The van der Waals surface area contributed by atoms with Gasteiger partial charge in [-0.25, -0.2) is 9.18 Å². The van der Waals surface area contributed by atoms with Gasteiger partial charge in [-0.15, -0.1) is 0 Å². The van der Waals surface area contributed by atoms with Crippen LogP contribution in [0.1, 0.15) is 99.1 Å². The molecular formula is C61H89ClFN7O13. The van der Waals surface area contributed by atoms with E-state index in [1.807, 2.05) is 32.8 Å². The van der Waals surface area contributed by atoms with E-state index < -0.39 is 120 Å². The Morgan fingerprint density at radius 2 is 1.59 bits per heavy atom. The van der Waals surface area contributed by atoms with Crippen molar-refractivity contribution in [3.63, 3.8) is 0 Å². The summed E-state index contributed by atoms with van der Waals surface area (Å²) < 4.78 is 46.0. The van der Waals surface area contributed by atoms with Crippen molar-refractivity contribution in [3.05, 3.63) is 94.8 Å². The second-order valence-electron chi connectivity index (χ2n) is 24.2. The number of anilines is 2. The van der Waals surface area contributed by atoms with Gasteiger partial charge in [0, 0.05) is 74.4 Å². The maximum atomic E-state index is 14.9. The second kappa shape index (κ2) is 29.2. The highest BCUT2D eigenvalue weighted by Gasteiger charge is 2.51. The minimum absolute atomic E-state index is 0.0219. The van der Waals surface area contributed by atoms with Gasteiger partial charge in [-0.3, -0.25) is 19.2 Å². The Balaban J connectivity index is 1.29. The molecule has 0 aliphatic carbocycles. The Bertz CT molecular complexity index is 2670. The molecule has 3 aromatic rings. The fraction of sp³-hybridized carbons (Fsp3) is 0.623. The van der Waals surface area contributed by atoms with E-state index >= 15 is 0 Å². The topological polar surface area (TPSA) is 259 Å². The third kappa shape index (κ3) is 17.9. The van der Waals surface area contributed by atoms with Gasteiger partial charge in [0.25, 0.3) is 0 Å². The Labute approximate surface area is 493 Å². The van der Waals surface area contributed by atoms with Gasteiger partial charge in [0.2, 0.25) is 23.6 Å². The maximum Gasteiger partial charge on any atom is 0.319 e. The van der Waals surface area contributed by atoms with Gasteiger partial charge < -0.3 is 75.4 Å². The molecule has 3 saturated heterocycles. The number of halogens is 2. The summed E-state index contributed by atoms with van der Waals surface area (Å²) >= 11 is 6.47. The molecule has 83 heavy (non-hydrogen) atoms. The molecule has 20 nitrogen and oxygen atoms in total. The molecule has 0 unspecified atom stereocenters. The Kier molecular flexibility index (Phi) is 23.5. The van der Waals surface area contributed by atoms with Gasteiger partial charge in [0.05, 0.1) is 41.5 Å². The lowest BCUT2D eigenvalue weighted by Gasteiger charge is -2.49. The van der Waals surface area contributed by atoms with Crippen molar-refractivity contribution in [2.45, 2.75) is 185 Å². The SMILES string of the molecule is CO[C@]1(C)C[C@H](O[C@H]2[C@H](C)[C@@H](O[C@@H]3O[C@H](C)C[C@H](N(C)C)[C@H]3O)[C@](C)(O)C[C@@H](C)CN(C)C(=O)C[C@@H](Cc3ccc(NC(=O)[C@H](Cc4ccccc4Cl)NC(=O)Nc4cccc(F)c4)cc3)NC(=O)[C@H](C(C)C)NC(=O)[C@@H]2C)O[C@@H](C)[C@@H]1O. The van der Waals surface area contributed by atoms with E-state index in [9.17, 15) is 43.7 Å². The van der Waals surface area contributed by atoms with Gasteiger partial charge in [-0.2, -0.15) is 0 Å². The molecule has 0 radical (unpaired) electrons. The van der Waals surface area contributed by atoms with Crippen molar-refractivity contribution in [1.82, 2.24) is 25.8 Å². The summed E-state index contributed by atoms with van der Waals surface area (Å²) in [6.07, 6.45) is -7.08. The number of urea groups is 1. The number of nitrogens with zero attached hydrogens (tertiary/aromatic N) is 2. The third-order valence-corrected chi connectivity index (χ3v) is 16.8. The number of aliphatic hydroxyl groups excluding tert-OH is 2. The molecule has 3 aliphatic rings. The highest BCUT2D eigenvalue weighted by atomic mass is 35.5. The minimum Gasteiger partial charge on any atom is -0.387 e. The number of rotatable bonds is 15. The molecule has 3 aliphatic heterocycles. The summed E-state index contributed by atoms with van der Waals surface area (Å²) in [5.41, 5.74) is -0.976. The highest BCUT2D eigenvalue weighted by molar-refractivity contribution is 6.31. The Morgan fingerprint density at radius 1 is 0.904 bits per heavy atom. The van der Waals surface area contributed by atoms with Crippen molar-refractivity contribution >= 4 is 52.6 Å². The van der Waals surface area contributed by atoms with Gasteiger partial charge in [-0.1, -0.05) is 82.6 Å². The first-order valence-electron chi connectivity index (χ1n) is 28.7. The van der Waals surface area contributed by atoms with E-state index in [0.29, 0.717) is 28.3 Å². The summed E-state index contributed by atoms with van der Waals surface area (Å²) in [4.78, 5) is 74.5. The predicted octanol–water partition coefficient (Wildman–Crippen LogP) is 6.03. The zero-order valence-electron chi connectivity index (χ0n) is 50.2. The molecule has 3 fully saturated rings. The van der Waals surface area contributed by atoms with Crippen molar-refractivity contribution in [2.24, 2.45) is 23.7 Å². The quantitative estimate of drug-likeness (QED) is 0.0865. The second-order valence-corrected chi connectivity index (χ2v) is 24.6. The lowest BCUT2D eigenvalue weighted by Crippen LogP contribution is -2.61. The van der Waals surface area contributed by atoms with E-state index in [0.717, 1.165) is 6.07 Å². The van der Waals surface area contributed by atoms with Crippen LogP contribution in [0.5, 0.6) is 0 Å². The van der Waals surface area contributed by atoms with Crippen LogP contribution >= 0.6 is 11.6 Å². The van der Waals surface area contributed by atoms with Gasteiger partial charge >= 0.3 is 6.03 Å². The molecule has 3 heterocycles. The molecule has 0 saturated carbocycles. The fourth-order valence-corrected chi connectivity index (χ4v) is 12.0. The highest BCUT2D eigenvalue weighted by Crippen LogP contribution is 2.39. The van der Waals surface area contributed by atoms with Crippen LogP contribution < -0.4 is 26.6 Å². The normalized spacial score (nSPS) is 33.0. The number of hydrogen-bond acceptors (Lipinski definition) is 14. The molecule has 460 valence electrons. The molecule has 3 aromatic carbocycles. The Hall–Kier alpha value is -5.33. The average Bonchev–Trinajstić information content (AvgIpc) is 3.27. The largest absolute Gasteiger partial charge is 0.387 e. The Morgan fingerprint density at radius 3 is 2.23 bits per heavy atom. The lowest BCUT2D eigenvalue weighted by molar-refractivity contribution is -0.317. The first-order chi connectivity index (χ1) is 39.0. The molecular weight excluding hydrogens is 1090 g/mol. The van der Waals surface area contributed by atoms with Crippen LogP contribution in [0.15, 0.2) is 72.8 Å². The van der Waals surface area contributed by atoms with Crippen molar-refractivity contribution in [2.75, 3.05) is 45.4 Å². The van der Waals surface area contributed by atoms with Crippen LogP contribution in [0.25, 0.3) is 0 Å². The number of benzene rings is 3. The van der Waals surface area contributed by atoms with E-state index in [1.165, 1.54) is 25.3 Å². The fourth-order valence-electron chi connectivity index (χ4n) is 11.8.